The Labute approximate surface area is 158 Å². The largest absolute Gasteiger partial charge is 0.487 e. The van der Waals surface area contributed by atoms with Crippen molar-refractivity contribution in [2.75, 3.05) is 0 Å². The van der Waals surface area contributed by atoms with Gasteiger partial charge in [-0.15, -0.1) is 0 Å². The summed E-state index contributed by atoms with van der Waals surface area (Å²) in [5.41, 5.74) is 0.807. The number of carbonyl (C=O) groups is 2. The average Bonchev–Trinajstić information content (AvgIpc) is 2.59. The molecule has 1 aromatic carbocycles. The third-order valence-corrected chi connectivity index (χ3v) is 3.44. The van der Waals surface area contributed by atoms with E-state index in [2.05, 4.69) is 10.3 Å². The fraction of sp³-hybridized carbons (Fsp3) is 0.350. The van der Waals surface area contributed by atoms with E-state index in [4.69, 9.17) is 9.47 Å². The second-order valence-corrected chi connectivity index (χ2v) is 7.00. The Morgan fingerprint density at radius 3 is 2.59 bits per heavy atom. The minimum Gasteiger partial charge on any atom is -0.487 e. The van der Waals surface area contributed by atoms with Gasteiger partial charge < -0.3 is 19.9 Å². The SMILES string of the molecule is CC(C)(C)OC(=O)NC(Cc1cccc(OCc2ccccn2)c1)C(=O)O. The van der Waals surface area contributed by atoms with Crippen LogP contribution >= 0.6 is 0 Å². The van der Waals surface area contributed by atoms with E-state index < -0.39 is 23.7 Å². The number of pyridine rings is 1. The predicted octanol–water partition coefficient (Wildman–Crippen LogP) is 3.18. The number of nitrogens with zero attached hydrogens (tertiary/aromatic N) is 1. The van der Waals surface area contributed by atoms with Crippen LogP contribution < -0.4 is 10.1 Å². The molecule has 7 nitrogen and oxygen atoms in total. The molecule has 0 aliphatic carbocycles. The number of aromatic nitrogens is 1. The van der Waals surface area contributed by atoms with Gasteiger partial charge in [0.25, 0.3) is 0 Å². The molecule has 1 unspecified atom stereocenters. The second kappa shape index (κ2) is 9.02. The quantitative estimate of drug-likeness (QED) is 0.775. The molecule has 144 valence electrons. The molecular weight excluding hydrogens is 348 g/mol. The summed E-state index contributed by atoms with van der Waals surface area (Å²) < 4.78 is 10.8. The highest BCUT2D eigenvalue weighted by Crippen LogP contribution is 2.16. The molecule has 2 aromatic rings. The van der Waals surface area contributed by atoms with E-state index in [1.807, 2.05) is 18.2 Å². The Morgan fingerprint density at radius 2 is 1.96 bits per heavy atom. The third kappa shape index (κ3) is 7.35. The molecule has 1 heterocycles. The fourth-order valence-corrected chi connectivity index (χ4v) is 2.29. The number of benzene rings is 1. The molecule has 0 radical (unpaired) electrons. The lowest BCUT2D eigenvalue weighted by molar-refractivity contribution is -0.139. The minimum atomic E-state index is -1.14. The molecular formula is C20H24N2O5. The molecule has 0 aliphatic rings. The molecule has 0 aliphatic heterocycles. The van der Waals surface area contributed by atoms with Crippen molar-refractivity contribution in [2.45, 2.75) is 45.4 Å². The zero-order valence-corrected chi connectivity index (χ0v) is 15.6. The molecule has 0 saturated carbocycles. The first-order valence-corrected chi connectivity index (χ1v) is 8.57. The van der Waals surface area contributed by atoms with Crippen LogP contribution in [0.2, 0.25) is 0 Å². The van der Waals surface area contributed by atoms with Gasteiger partial charge in [0.1, 0.15) is 24.0 Å². The average molecular weight is 372 g/mol. The van der Waals surface area contributed by atoms with E-state index in [-0.39, 0.29) is 6.42 Å². The first-order valence-electron chi connectivity index (χ1n) is 8.57. The van der Waals surface area contributed by atoms with E-state index in [1.165, 1.54) is 0 Å². The number of nitrogens with one attached hydrogen (secondary N) is 1. The molecule has 0 bridgehead atoms. The topological polar surface area (TPSA) is 97.8 Å². The maximum Gasteiger partial charge on any atom is 0.408 e. The van der Waals surface area contributed by atoms with Gasteiger partial charge in [-0.1, -0.05) is 18.2 Å². The minimum absolute atomic E-state index is 0.107. The number of hydrogen-bond acceptors (Lipinski definition) is 5. The lowest BCUT2D eigenvalue weighted by Gasteiger charge is -2.22. The van der Waals surface area contributed by atoms with Gasteiger partial charge in [-0.25, -0.2) is 9.59 Å². The van der Waals surface area contributed by atoms with Crippen LogP contribution in [-0.2, 0) is 22.6 Å². The van der Waals surface area contributed by atoms with Crippen molar-refractivity contribution in [3.8, 4) is 5.75 Å². The van der Waals surface area contributed by atoms with Crippen LogP contribution in [0.15, 0.2) is 48.7 Å². The lowest BCUT2D eigenvalue weighted by atomic mass is 10.1. The van der Waals surface area contributed by atoms with Crippen molar-refractivity contribution in [1.29, 1.82) is 0 Å². The van der Waals surface area contributed by atoms with Crippen LogP contribution in [-0.4, -0.2) is 33.8 Å². The molecule has 1 atom stereocenters. The summed E-state index contributed by atoms with van der Waals surface area (Å²) in [7, 11) is 0. The number of hydrogen-bond donors (Lipinski definition) is 2. The highest BCUT2D eigenvalue weighted by Gasteiger charge is 2.24. The van der Waals surface area contributed by atoms with E-state index in [0.717, 1.165) is 11.3 Å². The summed E-state index contributed by atoms with van der Waals surface area (Å²) in [5.74, 6) is -0.541. The number of carbonyl (C=O) groups excluding carboxylic acids is 1. The van der Waals surface area contributed by atoms with Gasteiger partial charge in [-0.05, 0) is 50.6 Å². The number of carboxylic acids is 1. The van der Waals surface area contributed by atoms with Crippen LogP contribution in [0.5, 0.6) is 5.75 Å². The van der Waals surface area contributed by atoms with Crippen LogP contribution in [0.25, 0.3) is 0 Å². The number of rotatable bonds is 7. The number of alkyl carbamates (subject to hydrolysis) is 1. The summed E-state index contributed by atoms with van der Waals surface area (Å²) in [5, 5.41) is 11.8. The molecule has 0 saturated heterocycles. The van der Waals surface area contributed by atoms with Crippen molar-refractivity contribution in [3.63, 3.8) is 0 Å². The van der Waals surface area contributed by atoms with Crippen LogP contribution in [0.4, 0.5) is 4.79 Å². The first-order chi connectivity index (χ1) is 12.7. The first kappa shape index (κ1) is 20.2. The van der Waals surface area contributed by atoms with Gasteiger partial charge >= 0.3 is 12.1 Å². The molecule has 7 heteroatoms. The van der Waals surface area contributed by atoms with Gasteiger partial charge in [-0.2, -0.15) is 0 Å². The molecule has 2 rings (SSSR count). The third-order valence-electron chi connectivity index (χ3n) is 3.44. The molecule has 2 N–H and O–H groups in total. The molecule has 0 spiro atoms. The van der Waals surface area contributed by atoms with E-state index >= 15 is 0 Å². The monoisotopic (exact) mass is 372 g/mol. The summed E-state index contributed by atoms with van der Waals surface area (Å²) >= 11 is 0. The second-order valence-electron chi connectivity index (χ2n) is 7.00. The standard InChI is InChI=1S/C20H24N2O5/c1-20(2,3)27-19(25)22-17(18(23)24)12-14-7-6-9-16(11-14)26-13-15-8-4-5-10-21-15/h4-11,17H,12-13H2,1-3H3,(H,22,25)(H,23,24). The Hall–Kier alpha value is -3.09. The fourth-order valence-electron chi connectivity index (χ4n) is 2.29. The van der Waals surface area contributed by atoms with E-state index in [9.17, 15) is 14.7 Å². The van der Waals surface area contributed by atoms with Gasteiger partial charge in [0.15, 0.2) is 0 Å². The maximum absolute atomic E-state index is 11.9. The predicted molar refractivity (Wildman–Crippen MR) is 99.5 cm³/mol. The smallest absolute Gasteiger partial charge is 0.408 e. The van der Waals surface area contributed by atoms with Crippen molar-refractivity contribution < 1.29 is 24.2 Å². The number of amides is 1. The Bertz CT molecular complexity index is 771. The molecule has 1 amide bonds. The number of ether oxygens (including phenoxy) is 2. The molecule has 1 aromatic heterocycles. The summed E-state index contributed by atoms with van der Waals surface area (Å²) in [6.07, 6.45) is 1.03. The summed E-state index contributed by atoms with van der Waals surface area (Å²) in [4.78, 5) is 27.5. The zero-order chi connectivity index (χ0) is 19.9. The van der Waals surface area contributed by atoms with Crippen molar-refractivity contribution in [3.05, 3.63) is 59.9 Å². The summed E-state index contributed by atoms with van der Waals surface area (Å²) in [6.45, 7) is 5.45. The van der Waals surface area contributed by atoms with Gasteiger partial charge in [-0.3, -0.25) is 4.98 Å². The Balaban J connectivity index is 1.99. The van der Waals surface area contributed by atoms with Crippen molar-refractivity contribution >= 4 is 12.1 Å². The highest BCUT2D eigenvalue weighted by atomic mass is 16.6. The molecule has 0 fully saturated rings. The maximum atomic E-state index is 11.9. The van der Waals surface area contributed by atoms with Crippen LogP contribution in [0.3, 0.4) is 0 Å². The summed E-state index contributed by atoms with van der Waals surface area (Å²) in [6, 6.07) is 11.5. The Morgan fingerprint density at radius 1 is 1.19 bits per heavy atom. The van der Waals surface area contributed by atoms with Gasteiger partial charge in [0.2, 0.25) is 0 Å². The van der Waals surface area contributed by atoms with Crippen LogP contribution in [0, 0.1) is 0 Å². The highest BCUT2D eigenvalue weighted by molar-refractivity contribution is 5.80. The van der Waals surface area contributed by atoms with Crippen molar-refractivity contribution in [1.82, 2.24) is 10.3 Å². The van der Waals surface area contributed by atoms with Crippen LogP contribution in [0.1, 0.15) is 32.0 Å². The number of carboxylic acid groups (broad SMARTS) is 1. The van der Waals surface area contributed by atoms with E-state index in [0.29, 0.717) is 12.4 Å². The Kier molecular flexibility index (Phi) is 6.76. The molecule has 27 heavy (non-hydrogen) atoms. The number of aliphatic carboxylic acids is 1. The lowest BCUT2D eigenvalue weighted by Crippen LogP contribution is -2.44. The normalized spacial score (nSPS) is 12.1. The van der Waals surface area contributed by atoms with E-state index in [1.54, 1.807) is 51.2 Å². The van der Waals surface area contributed by atoms with Gasteiger partial charge in [0, 0.05) is 12.6 Å². The van der Waals surface area contributed by atoms with Gasteiger partial charge in [0.05, 0.1) is 5.69 Å². The van der Waals surface area contributed by atoms with Crippen molar-refractivity contribution in [2.24, 2.45) is 0 Å². The zero-order valence-electron chi connectivity index (χ0n) is 15.6.